The van der Waals surface area contributed by atoms with E-state index in [2.05, 4.69) is 23.8 Å². The van der Waals surface area contributed by atoms with E-state index in [4.69, 9.17) is 23.7 Å². The number of fused-ring (bicyclic) bond motifs is 1. The summed E-state index contributed by atoms with van der Waals surface area (Å²) in [7, 11) is 3.26. The second-order valence-corrected chi connectivity index (χ2v) is 16.4. The Bertz CT molecular complexity index is 2340. The van der Waals surface area contributed by atoms with Crippen LogP contribution in [-0.4, -0.2) is 18.8 Å². The normalized spacial score (nSPS) is 11.3. The molecule has 0 radical (unpaired) electrons. The van der Waals surface area contributed by atoms with E-state index < -0.39 is 0 Å². The van der Waals surface area contributed by atoms with Gasteiger partial charge in [-0.25, -0.2) is 0 Å². The average molecular weight is 850 g/mol. The Kier molecular flexibility index (Phi) is 19.1. The Hall–Kier alpha value is -5.95. The number of hydrogen-bond donors (Lipinski definition) is 0. The molecule has 63 heavy (non-hydrogen) atoms. The highest BCUT2D eigenvalue weighted by Crippen LogP contribution is 2.40. The fourth-order valence-electron chi connectivity index (χ4n) is 8.01. The van der Waals surface area contributed by atoms with E-state index in [0.717, 1.165) is 35.1 Å². The molecule has 332 valence electrons. The van der Waals surface area contributed by atoms with Crippen LogP contribution in [0, 0.1) is 0 Å². The lowest BCUT2D eigenvalue weighted by molar-refractivity contribution is 0.284. The molecule has 0 saturated heterocycles. The lowest BCUT2D eigenvalue weighted by Crippen LogP contribution is -2.16. The van der Waals surface area contributed by atoms with Crippen molar-refractivity contribution in [1.82, 2.24) is 4.57 Å². The fraction of sp³-hybridized carbons (Fsp3) is 0.375. The maximum absolute atomic E-state index is 15.1. The van der Waals surface area contributed by atoms with Crippen LogP contribution in [-0.2, 0) is 19.8 Å². The number of unbranched alkanes of at least 4 members (excludes halogenated alkanes) is 14. The van der Waals surface area contributed by atoms with E-state index in [1.54, 1.807) is 20.3 Å². The van der Waals surface area contributed by atoms with Crippen LogP contribution in [0.4, 0.5) is 0 Å². The molecule has 1 aromatic heterocycles. The zero-order valence-electron chi connectivity index (χ0n) is 37.8. The van der Waals surface area contributed by atoms with Crippen molar-refractivity contribution < 1.29 is 23.7 Å². The van der Waals surface area contributed by atoms with Crippen molar-refractivity contribution >= 4 is 17.1 Å². The van der Waals surface area contributed by atoms with Gasteiger partial charge < -0.3 is 28.3 Å². The third-order valence-electron chi connectivity index (χ3n) is 11.6. The molecule has 0 saturated carbocycles. The van der Waals surface area contributed by atoms with Gasteiger partial charge in [0, 0.05) is 23.9 Å². The van der Waals surface area contributed by atoms with Gasteiger partial charge in [0.1, 0.15) is 31.3 Å². The van der Waals surface area contributed by atoms with Crippen molar-refractivity contribution in [3.05, 3.63) is 154 Å². The van der Waals surface area contributed by atoms with Crippen molar-refractivity contribution in [2.75, 3.05) is 14.2 Å². The van der Waals surface area contributed by atoms with Crippen LogP contribution in [0.15, 0.2) is 132 Å². The standard InChI is InChI=1S/C56H67NO6/c1-4-5-6-7-8-9-10-11-12-13-14-15-16-17-18-28-37-57-49-39-48(59-2)40-52(62-42-45-31-24-20-25-32-45)53(49)55(58)56(63-43-46-33-26-21-27-34-46)54(57)47-35-36-50(51(38-47)60-3)61-41-44-29-22-19-23-30-44/h19-40H,4-18,41-43H2,1-3H3. The second-order valence-electron chi connectivity index (χ2n) is 16.4. The molecule has 0 bridgehead atoms. The first-order valence-electron chi connectivity index (χ1n) is 23.2. The predicted molar refractivity (Wildman–Crippen MR) is 259 cm³/mol. The number of nitrogens with zero attached hydrogens (tertiary/aromatic N) is 1. The molecule has 0 aliphatic carbocycles. The molecule has 5 aromatic carbocycles. The molecule has 0 aliphatic rings. The minimum atomic E-state index is -0.276. The fourth-order valence-corrected chi connectivity index (χ4v) is 8.01. The highest BCUT2D eigenvalue weighted by Gasteiger charge is 2.24. The number of rotatable bonds is 28. The van der Waals surface area contributed by atoms with Gasteiger partial charge in [0.15, 0.2) is 17.2 Å². The number of hydrogen-bond acceptors (Lipinski definition) is 6. The maximum atomic E-state index is 15.1. The Morgan fingerprint density at radius 3 is 1.54 bits per heavy atom. The third kappa shape index (κ3) is 14.0. The van der Waals surface area contributed by atoms with Gasteiger partial charge >= 0.3 is 0 Å². The molecule has 0 spiro atoms. The molecule has 6 rings (SSSR count). The van der Waals surface area contributed by atoms with Crippen LogP contribution in [0.25, 0.3) is 28.4 Å². The van der Waals surface area contributed by atoms with Gasteiger partial charge in [-0.1, -0.05) is 187 Å². The molecule has 7 heteroatoms. The van der Waals surface area contributed by atoms with E-state index in [0.29, 0.717) is 46.2 Å². The first-order chi connectivity index (χ1) is 31.1. The molecule has 0 N–H and O–H groups in total. The van der Waals surface area contributed by atoms with Crippen LogP contribution >= 0.6 is 0 Å². The zero-order chi connectivity index (χ0) is 43.9. The number of aromatic nitrogens is 1. The summed E-state index contributed by atoms with van der Waals surface area (Å²) >= 11 is 0. The number of allylic oxidation sites excluding steroid dienone is 1. The summed E-state index contributed by atoms with van der Waals surface area (Å²) in [5, 5.41) is 0.412. The van der Waals surface area contributed by atoms with Crippen molar-refractivity contribution in [3.8, 4) is 40.0 Å². The summed E-state index contributed by atoms with van der Waals surface area (Å²) in [6.45, 7) is 3.14. The lowest BCUT2D eigenvalue weighted by atomic mass is 10.0. The van der Waals surface area contributed by atoms with Crippen molar-refractivity contribution in [3.63, 3.8) is 0 Å². The van der Waals surface area contributed by atoms with Crippen LogP contribution in [0.2, 0.25) is 0 Å². The molecule has 0 unspecified atom stereocenters. The molecule has 6 aromatic rings. The Morgan fingerprint density at radius 2 is 1.02 bits per heavy atom. The summed E-state index contributed by atoms with van der Waals surface area (Å²) in [6, 6.07) is 39.4. The van der Waals surface area contributed by atoms with E-state index in [-0.39, 0.29) is 24.4 Å². The molecule has 0 fully saturated rings. The number of ether oxygens (including phenoxy) is 5. The Labute approximate surface area is 375 Å². The van der Waals surface area contributed by atoms with Crippen LogP contribution in [0.1, 0.15) is 120 Å². The van der Waals surface area contributed by atoms with Crippen LogP contribution in [0.5, 0.6) is 28.7 Å². The van der Waals surface area contributed by atoms with Gasteiger partial charge in [0.25, 0.3) is 0 Å². The highest BCUT2D eigenvalue weighted by atomic mass is 16.5. The average Bonchev–Trinajstić information content (AvgIpc) is 3.33. The van der Waals surface area contributed by atoms with E-state index in [9.17, 15) is 0 Å². The molecule has 0 aliphatic heterocycles. The second kappa shape index (κ2) is 25.9. The minimum Gasteiger partial charge on any atom is -0.497 e. The van der Waals surface area contributed by atoms with Crippen molar-refractivity contribution in [1.29, 1.82) is 0 Å². The summed E-state index contributed by atoms with van der Waals surface area (Å²) in [6.07, 6.45) is 23.6. The number of benzene rings is 5. The van der Waals surface area contributed by atoms with Crippen LogP contribution in [0.3, 0.4) is 0 Å². The summed E-state index contributed by atoms with van der Waals surface area (Å²) < 4.78 is 33.2. The smallest absolute Gasteiger partial charge is 0.235 e. The van der Waals surface area contributed by atoms with E-state index >= 15 is 4.79 Å². The largest absolute Gasteiger partial charge is 0.497 e. The Balaban J connectivity index is 1.31. The lowest BCUT2D eigenvalue weighted by Gasteiger charge is -2.21. The molecule has 1 heterocycles. The maximum Gasteiger partial charge on any atom is 0.235 e. The van der Waals surface area contributed by atoms with Gasteiger partial charge in [0.05, 0.1) is 30.8 Å². The summed E-state index contributed by atoms with van der Waals surface area (Å²) in [5.41, 5.74) is 4.67. The summed E-state index contributed by atoms with van der Waals surface area (Å²) in [4.78, 5) is 15.1. The first kappa shape index (κ1) is 46.6. The highest BCUT2D eigenvalue weighted by molar-refractivity contribution is 5.93. The van der Waals surface area contributed by atoms with Gasteiger partial charge in [-0.15, -0.1) is 0 Å². The molecule has 0 atom stereocenters. The Morgan fingerprint density at radius 1 is 0.508 bits per heavy atom. The van der Waals surface area contributed by atoms with Gasteiger partial charge in [0.2, 0.25) is 5.43 Å². The molecular weight excluding hydrogens is 783 g/mol. The van der Waals surface area contributed by atoms with Gasteiger partial charge in [-0.3, -0.25) is 4.79 Å². The van der Waals surface area contributed by atoms with Gasteiger partial charge in [-0.05, 0) is 47.7 Å². The summed E-state index contributed by atoms with van der Waals surface area (Å²) in [5.74, 6) is 2.34. The van der Waals surface area contributed by atoms with E-state index in [1.165, 1.54) is 83.5 Å². The molecule has 0 amide bonds. The monoisotopic (exact) mass is 849 g/mol. The molecule has 7 nitrogen and oxygen atoms in total. The number of methoxy groups -OCH3 is 2. The SMILES string of the molecule is CCCCCCCCCCCCCCCCC=Cn1c(-c2ccc(OCc3ccccc3)c(OC)c2)c(OCc2ccccc2)c(=O)c2c(OCc3ccccc3)cc(OC)cc21. The first-order valence-corrected chi connectivity index (χ1v) is 23.2. The molecular formula is C56H67NO6. The number of pyridine rings is 1. The van der Waals surface area contributed by atoms with Gasteiger partial charge in [-0.2, -0.15) is 0 Å². The quantitative estimate of drug-likeness (QED) is 0.0458. The third-order valence-corrected chi connectivity index (χ3v) is 11.6. The van der Waals surface area contributed by atoms with Crippen LogP contribution < -0.4 is 29.1 Å². The van der Waals surface area contributed by atoms with Crippen molar-refractivity contribution in [2.45, 2.75) is 123 Å². The van der Waals surface area contributed by atoms with Crippen molar-refractivity contribution in [2.24, 2.45) is 0 Å². The predicted octanol–water partition coefficient (Wildman–Crippen LogP) is 14.8. The zero-order valence-corrected chi connectivity index (χ0v) is 37.8. The topological polar surface area (TPSA) is 68.2 Å². The van der Waals surface area contributed by atoms with E-state index in [1.807, 2.05) is 115 Å². The minimum absolute atomic E-state index is 0.198.